The van der Waals surface area contributed by atoms with Gasteiger partial charge in [0.15, 0.2) is 0 Å². The van der Waals surface area contributed by atoms with Crippen molar-refractivity contribution in [2.45, 2.75) is 52.2 Å². The van der Waals surface area contributed by atoms with Crippen molar-refractivity contribution in [1.29, 1.82) is 0 Å². The van der Waals surface area contributed by atoms with E-state index in [-0.39, 0.29) is 18.0 Å². The van der Waals surface area contributed by atoms with E-state index in [0.29, 0.717) is 23.6 Å². The minimum Gasteiger partial charge on any atom is -0.461 e. The predicted molar refractivity (Wildman–Crippen MR) is 86.1 cm³/mol. The number of piperidine rings is 1. The molecule has 1 aliphatic heterocycles. The molecule has 0 bridgehead atoms. The summed E-state index contributed by atoms with van der Waals surface area (Å²) in [5.74, 6) is -0.445. The molecule has 1 amide bonds. The van der Waals surface area contributed by atoms with Crippen LogP contribution in [0.25, 0.3) is 0 Å². The second-order valence-corrected chi connectivity index (χ2v) is 6.37. The third kappa shape index (κ3) is 3.80. The molecule has 0 radical (unpaired) electrons. The smallest absolute Gasteiger partial charge is 0.329 e. The number of carbonyl (C=O) groups is 2. The van der Waals surface area contributed by atoms with Gasteiger partial charge in [-0.1, -0.05) is 11.6 Å². The third-order valence-corrected chi connectivity index (χ3v) is 4.22. The molecular formula is C17H22ClNO3. The molecule has 120 valence electrons. The number of aryl methyl sites for hydroxylation is 1. The van der Waals surface area contributed by atoms with Gasteiger partial charge in [-0.15, -0.1) is 0 Å². The Morgan fingerprint density at radius 2 is 2.05 bits per heavy atom. The van der Waals surface area contributed by atoms with Gasteiger partial charge in [-0.2, -0.15) is 0 Å². The summed E-state index contributed by atoms with van der Waals surface area (Å²) in [7, 11) is 0. The first-order valence-corrected chi connectivity index (χ1v) is 8.05. The summed E-state index contributed by atoms with van der Waals surface area (Å²) in [6, 6.07) is 4.70. The van der Waals surface area contributed by atoms with Crippen molar-refractivity contribution >= 4 is 23.5 Å². The van der Waals surface area contributed by atoms with Gasteiger partial charge < -0.3 is 9.64 Å². The van der Waals surface area contributed by atoms with Crippen LogP contribution in [0.1, 0.15) is 49.0 Å². The maximum absolute atomic E-state index is 12.7. The maximum atomic E-state index is 12.7. The van der Waals surface area contributed by atoms with E-state index in [2.05, 4.69) is 0 Å². The Labute approximate surface area is 136 Å². The molecule has 1 aromatic rings. The van der Waals surface area contributed by atoms with E-state index in [9.17, 15) is 9.59 Å². The summed E-state index contributed by atoms with van der Waals surface area (Å²) in [6.45, 7) is 6.07. The van der Waals surface area contributed by atoms with Gasteiger partial charge in [-0.25, -0.2) is 4.79 Å². The van der Waals surface area contributed by atoms with Gasteiger partial charge in [-0.05, 0) is 63.8 Å². The van der Waals surface area contributed by atoms with Crippen molar-refractivity contribution in [3.05, 3.63) is 34.3 Å². The number of carbonyl (C=O) groups excluding carboxylic acids is 2. The van der Waals surface area contributed by atoms with Crippen molar-refractivity contribution in [1.82, 2.24) is 4.90 Å². The summed E-state index contributed by atoms with van der Waals surface area (Å²) in [4.78, 5) is 26.6. The third-order valence-electron chi connectivity index (χ3n) is 3.79. The lowest BCUT2D eigenvalue weighted by Gasteiger charge is -2.34. The van der Waals surface area contributed by atoms with E-state index in [0.717, 1.165) is 18.4 Å². The molecule has 1 saturated heterocycles. The Kier molecular flexibility index (Phi) is 5.46. The van der Waals surface area contributed by atoms with Crippen molar-refractivity contribution < 1.29 is 14.3 Å². The number of halogens is 1. The maximum Gasteiger partial charge on any atom is 0.329 e. The molecule has 0 aliphatic carbocycles. The fraction of sp³-hybridized carbons (Fsp3) is 0.529. The predicted octanol–water partition coefficient (Wildman–Crippen LogP) is 3.59. The van der Waals surface area contributed by atoms with Crippen LogP contribution < -0.4 is 0 Å². The van der Waals surface area contributed by atoms with E-state index in [4.69, 9.17) is 16.3 Å². The Balaban J connectivity index is 2.20. The molecule has 0 N–H and O–H groups in total. The number of esters is 1. The number of benzene rings is 1. The van der Waals surface area contributed by atoms with Gasteiger partial charge in [0.1, 0.15) is 6.04 Å². The Morgan fingerprint density at radius 1 is 1.32 bits per heavy atom. The van der Waals surface area contributed by atoms with Crippen LogP contribution in [-0.2, 0) is 9.53 Å². The highest BCUT2D eigenvalue weighted by Gasteiger charge is 2.34. The summed E-state index contributed by atoms with van der Waals surface area (Å²) < 4.78 is 5.29. The lowest BCUT2D eigenvalue weighted by molar-refractivity contribution is -0.154. The van der Waals surface area contributed by atoms with Gasteiger partial charge in [0.2, 0.25) is 0 Å². The van der Waals surface area contributed by atoms with E-state index in [1.807, 2.05) is 20.8 Å². The minimum absolute atomic E-state index is 0.134. The molecule has 22 heavy (non-hydrogen) atoms. The van der Waals surface area contributed by atoms with Crippen LogP contribution >= 0.6 is 11.6 Å². The highest BCUT2D eigenvalue weighted by molar-refractivity contribution is 6.31. The molecule has 0 saturated carbocycles. The topological polar surface area (TPSA) is 46.6 Å². The first kappa shape index (κ1) is 16.8. The quantitative estimate of drug-likeness (QED) is 0.798. The molecule has 4 nitrogen and oxygen atoms in total. The van der Waals surface area contributed by atoms with Crippen LogP contribution in [0.15, 0.2) is 18.2 Å². The number of likely N-dealkylation sites (tertiary alicyclic amines) is 1. The first-order chi connectivity index (χ1) is 10.4. The summed E-state index contributed by atoms with van der Waals surface area (Å²) in [5, 5.41) is 0.631. The van der Waals surface area contributed by atoms with Gasteiger partial charge in [0.05, 0.1) is 6.10 Å². The van der Waals surface area contributed by atoms with Crippen LogP contribution in [0.5, 0.6) is 0 Å². The van der Waals surface area contributed by atoms with Crippen molar-refractivity contribution in [3.63, 3.8) is 0 Å². The standard InChI is InChI=1S/C17H22ClNO3/c1-11(2)22-17(21)15-6-4-5-9-19(15)16(20)13-7-8-14(18)12(3)10-13/h7-8,10-11,15H,4-6,9H2,1-3H3/t15-/m1/s1. The van der Waals surface area contributed by atoms with Crippen LogP contribution in [0.3, 0.4) is 0 Å². The van der Waals surface area contributed by atoms with Gasteiger partial charge in [0.25, 0.3) is 5.91 Å². The molecule has 1 atom stereocenters. The number of ether oxygens (including phenoxy) is 1. The highest BCUT2D eigenvalue weighted by atomic mass is 35.5. The SMILES string of the molecule is Cc1cc(C(=O)N2CCCC[C@@H]2C(=O)OC(C)C)ccc1Cl. The molecule has 1 aromatic carbocycles. The first-order valence-electron chi connectivity index (χ1n) is 7.67. The van der Waals surface area contributed by atoms with Crippen molar-refractivity contribution in [2.24, 2.45) is 0 Å². The molecular weight excluding hydrogens is 302 g/mol. The number of nitrogens with zero attached hydrogens (tertiary/aromatic N) is 1. The Bertz CT molecular complexity index is 571. The van der Waals surface area contributed by atoms with Crippen LogP contribution in [0.2, 0.25) is 5.02 Å². The highest BCUT2D eigenvalue weighted by Crippen LogP contribution is 2.23. The molecule has 5 heteroatoms. The monoisotopic (exact) mass is 323 g/mol. The lowest BCUT2D eigenvalue weighted by atomic mass is 10.0. The van der Waals surface area contributed by atoms with Gasteiger partial charge in [0, 0.05) is 17.1 Å². The van der Waals surface area contributed by atoms with E-state index in [1.54, 1.807) is 23.1 Å². The van der Waals surface area contributed by atoms with E-state index < -0.39 is 6.04 Å². The molecule has 0 unspecified atom stereocenters. The fourth-order valence-corrected chi connectivity index (χ4v) is 2.79. The van der Waals surface area contributed by atoms with Gasteiger partial charge in [-0.3, -0.25) is 4.79 Å². The van der Waals surface area contributed by atoms with Gasteiger partial charge >= 0.3 is 5.97 Å². The minimum atomic E-state index is -0.486. The largest absolute Gasteiger partial charge is 0.461 e. The van der Waals surface area contributed by atoms with Crippen LogP contribution in [0, 0.1) is 6.92 Å². The molecule has 1 fully saturated rings. The Morgan fingerprint density at radius 3 is 2.68 bits per heavy atom. The molecule has 0 aromatic heterocycles. The normalized spacial score (nSPS) is 18.4. The average Bonchev–Trinajstić information content (AvgIpc) is 2.48. The number of rotatable bonds is 3. The number of amides is 1. The molecule has 2 rings (SSSR count). The second-order valence-electron chi connectivity index (χ2n) is 5.96. The summed E-state index contributed by atoms with van der Waals surface area (Å²) in [6.07, 6.45) is 2.32. The molecule has 0 spiro atoms. The molecule has 1 aliphatic rings. The summed E-state index contributed by atoms with van der Waals surface area (Å²) in [5.41, 5.74) is 1.41. The second kappa shape index (κ2) is 7.14. The number of hydrogen-bond donors (Lipinski definition) is 0. The summed E-state index contributed by atoms with van der Waals surface area (Å²) >= 11 is 6.01. The zero-order valence-corrected chi connectivity index (χ0v) is 14.0. The van der Waals surface area contributed by atoms with Crippen LogP contribution in [-0.4, -0.2) is 35.5 Å². The van der Waals surface area contributed by atoms with E-state index >= 15 is 0 Å². The zero-order valence-electron chi connectivity index (χ0n) is 13.3. The average molecular weight is 324 g/mol. The van der Waals surface area contributed by atoms with Crippen molar-refractivity contribution in [3.8, 4) is 0 Å². The Hall–Kier alpha value is -1.55. The fourth-order valence-electron chi connectivity index (χ4n) is 2.67. The number of hydrogen-bond acceptors (Lipinski definition) is 3. The van der Waals surface area contributed by atoms with Crippen molar-refractivity contribution in [2.75, 3.05) is 6.54 Å². The lowest BCUT2D eigenvalue weighted by Crippen LogP contribution is -2.49. The van der Waals surface area contributed by atoms with E-state index in [1.165, 1.54) is 0 Å². The molecule has 1 heterocycles. The zero-order chi connectivity index (χ0) is 16.3. The van der Waals surface area contributed by atoms with Crippen LogP contribution in [0.4, 0.5) is 0 Å².